The van der Waals surface area contributed by atoms with Crippen molar-refractivity contribution < 1.29 is 13.5 Å². The zero-order valence-corrected chi connectivity index (χ0v) is 13.0. The maximum atomic E-state index is 13.0. The van der Waals surface area contributed by atoms with Crippen LogP contribution in [0.25, 0.3) is 0 Å². The molecule has 0 amide bonds. The number of rotatable bonds is 5. The molecular weight excluding hydrogens is 330 g/mol. The standard InChI is InChI=1S/C14H19BrF2N2O/c1-20-13-3-2-10(15)8-11(13)12(9-14(16)17)19-6-4-18-5-7-19/h2-3,8,12,14,18H,4-7,9H2,1H3/t12-/m1/s1. The number of ether oxygens (including phenoxy) is 1. The first kappa shape index (κ1) is 15.7. The van der Waals surface area contributed by atoms with E-state index in [1.54, 1.807) is 7.11 Å². The highest BCUT2D eigenvalue weighted by atomic mass is 79.9. The van der Waals surface area contributed by atoms with E-state index in [4.69, 9.17) is 4.74 Å². The van der Waals surface area contributed by atoms with Crippen molar-refractivity contribution in [3.63, 3.8) is 0 Å². The van der Waals surface area contributed by atoms with Crippen LogP contribution in [0.5, 0.6) is 5.75 Å². The summed E-state index contributed by atoms with van der Waals surface area (Å²) in [4.78, 5) is 2.10. The molecule has 3 nitrogen and oxygen atoms in total. The molecule has 1 heterocycles. The van der Waals surface area contributed by atoms with E-state index < -0.39 is 6.43 Å². The number of benzene rings is 1. The third-order valence-corrected chi connectivity index (χ3v) is 4.04. The normalized spacial score (nSPS) is 18.2. The van der Waals surface area contributed by atoms with Gasteiger partial charge in [0, 0.05) is 48.7 Å². The van der Waals surface area contributed by atoms with Crippen LogP contribution in [0.2, 0.25) is 0 Å². The zero-order chi connectivity index (χ0) is 14.5. The molecule has 1 saturated heterocycles. The van der Waals surface area contributed by atoms with Gasteiger partial charge in [-0.2, -0.15) is 0 Å². The van der Waals surface area contributed by atoms with Gasteiger partial charge in [0.1, 0.15) is 5.75 Å². The predicted octanol–water partition coefficient (Wildman–Crippen LogP) is 3.06. The second-order valence-electron chi connectivity index (χ2n) is 4.81. The van der Waals surface area contributed by atoms with E-state index in [1.807, 2.05) is 18.2 Å². The molecule has 20 heavy (non-hydrogen) atoms. The Labute approximate surface area is 126 Å². The maximum absolute atomic E-state index is 13.0. The fraction of sp³-hybridized carbons (Fsp3) is 0.571. The van der Waals surface area contributed by atoms with Crippen LogP contribution in [0.15, 0.2) is 22.7 Å². The van der Waals surface area contributed by atoms with E-state index in [0.717, 1.165) is 36.2 Å². The molecule has 1 aliphatic heterocycles. The lowest BCUT2D eigenvalue weighted by Gasteiger charge is -2.35. The highest BCUT2D eigenvalue weighted by Gasteiger charge is 2.27. The van der Waals surface area contributed by atoms with Gasteiger partial charge in [0.15, 0.2) is 0 Å². The largest absolute Gasteiger partial charge is 0.496 e. The van der Waals surface area contributed by atoms with Crippen LogP contribution in [0.1, 0.15) is 18.0 Å². The summed E-state index contributed by atoms with van der Waals surface area (Å²) in [6.07, 6.45) is -2.51. The summed E-state index contributed by atoms with van der Waals surface area (Å²) in [5.74, 6) is 0.664. The van der Waals surface area contributed by atoms with Gasteiger partial charge in [-0.3, -0.25) is 4.90 Å². The third-order valence-electron chi connectivity index (χ3n) is 3.54. The number of methoxy groups -OCH3 is 1. The Kier molecular flexibility index (Phi) is 5.74. The van der Waals surface area contributed by atoms with Crippen LogP contribution in [-0.2, 0) is 0 Å². The lowest BCUT2D eigenvalue weighted by Crippen LogP contribution is -2.45. The molecule has 0 spiro atoms. The van der Waals surface area contributed by atoms with Crippen LogP contribution in [0.3, 0.4) is 0 Å². The van der Waals surface area contributed by atoms with Gasteiger partial charge < -0.3 is 10.1 Å². The summed E-state index contributed by atoms with van der Waals surface area (Å²) < 4.78 is 32.2. The molecule has 1 aromatic carbocycles. The van der Waals surface area contributed by atoms with E-state index in [0.29, 0.717) is 5.75 Å². The van der Waals surface area contributed by atoms with Gasteiger partial charge in [0.2, 0.25) is 6.43 Å². The summed E-state index contributed by atoms with van der Waals surface area (Å²) >= 11 is 3.41. The molecule has 1 atom stereocenters. The molecular formula is C14H19BrF2N2O. The third kappa shape index (κ3) is 3.90. The second-order valence-corrected chi connectivity index (χ2v) is 5.73. The second kappa shape index (κ2) is 7.33. The first-order valence-corrected chi connectivity index (χ1v) is 7.47. The van der Waals surface area contributed by atoms with Crippen molar-refractivity contribution in [2.45, 2.75) is 18.9 Å². The zero-order valence-electron chi connectivity index (χ0n) is 11.4. The van der Waals surface area contributed by atoms with Crippen molar-refractivity contribution in [3.8, 4) is 5.75 Å². The Morgan fingerprint density at radius 2 is 2.05 bits per heavy atom. The molecule has 1 aliphatic rings. The van der Waals surface area contributed by atoms with Gasteiger partial charge in [-0.25, -0.2) is 8.78 Å². The van der Waals surface area contributed by atoms with Gasteiger partial charge in [-0.1, -0.05) is 15.9 Å². The molecule has 0 bridgehead atoms. The van der Waals surface area contributed by atoms with Crippen molar-refractivity contribution in [3.05, 3.63) is 28.2 Å². The van der Waals surface area contributed by atoms with E-state index in [2.05, 4.69) is 26.1 Å². The molecule has 0 aliphatic carbocycles. The number of hydrogen-bond acceptors (Lipinski definition) is 3. The molecule has 112 valence electrons. The number of halogens is 3. The minimum Gasteiger partial charge on any atom is -0.496 e. The Balaban J connectivity index is 2.31. The summed E-state index contributed by atoms with van der Waals surface area (Å²) in [5, 5.41) is 3.24. The molecule has 1 fully saturated rings. The monoisotopic (exact) mass is 348 g/mol. The lowest BCUT2D eigenvalue weighted by atomic mass is 10.00. The van der Waals surface area contributed by atoms with Gasteiger partial charge >= 0.3 is 0 Å². The number of nitrogens with zero attached hydrogens (tertiary/aromatic N) is 1. The van der Waals surface area contributed by atoms with Crippen LogP contribution >= 0.6 is 15.9 Å². The first-order valence-electron chi connectivity index (χ1n) is 6.68. The first-order chi connectivity index (χ1) is 9.61. The van der Waals surface area contributed by atoms with Crippen LogP contribution < -0.4 is 10.1 Å². The highest BCUT2D eigenvalue weighted by Crippen LogP contribution is 2.35. The summed E-state index contributed by atoms with van der Waals surface area (Å²) in [6, 6.07) is 5.25. The van der Waals surface area contributed by atoms with Crippen LogP contribution in [0, 0.1) is 0 Å². The summed E-state index contributed by atoms with van der Waals surface area (Å²) in [6.45, 7) is 3.20. The molecule has 1 N–H and O–H groups in total. The average Bonchev–Trinajstić information content (AvgIpc) is 2.45. The predicted molar refractivity (Wildman–Crippen MR) is 78.5 cm³/mol. The van der Waals surface area contributed by atoms with E-state index in [9.17, 15) is 8.78 Å². The average molecular weight is 349 g/mol. The van der Waals surface area contributed by atoms with Crippen molar-refractivity contribution in [2.75, 3.05) is 33.3 Å². The maximum Gasteiger partial charge on any atom is 0.240 e. The van der Waals surface area contributed by atoms with E-state index >= 15 is 0 Å². The van der Waals surface area contributed by atoms with Crippen LogP contribution in [-0.4, -0.2) is 44.6 Å². The minimum atomic E-state index is -2.33. The Bertz CT molecular complexity index is 439. The van der Waals surface area contributed by atoms with Crippen molar-refractivity contribution in [1.29, 1.82) is 0 Å². The Hall–Kier alpha value is -0.720. The Morgan fingerprint density at radius 3 is 2.65 bits per heavy atom. The molecule has 1 aromatic rings. The quantitative estimate of drug-likeness (QED) is 0.884. The molecule has 0 aromatic heterocycles. The molecule has 2 rings (SSSR count). The molecule has 0 saturated carbocycles. The molecule has 0 radical (unpaired) electrons. The topological polar surface area (TPSA) is 24.5 Å². The lowest BCUT2D eigenvalue weighted by molar-refractivity contribution is 0.0729. The number of piperazine rings is 1. The summed E-state index contributed by atoms with van der Waals surface area (Å²) in [7, 11) is 1.57. The fourth-order valence-electron chi connectivity index (χ4n) is 2.60. The SMILES string of the molecule is COc1ccc(Br)cc1[C@@H](CC(F)F)N1CCNCC1. The Morgan fingerprint density at radius 1 is 1.35 bits per heavy atom. The van der Waals surface area contributed by atoms with E-state index in [1.165, 1.54) is 0 Å². The highest BCUT2D eigenvalue weighted by molar-refractivity contribution is 9.10. The van der Waals surface area contributed by atoms with Gasteiger partial charge in [-0.05, 0) is 18.2 Å². The fourth-order valence-corrected chi connectivity index (χ4v) is 2.98. The molecule has 6 heteroatoms. The van der Waals surface area contributed by atoms with E-state index in [-0.39, 0.29) is 12.5 Å². The van der Waals surface area contributed by atoms with Gasteiger partial charge in [-0.15, -0.1) is 0 Å². The van der Waals surface area contributed by atoms with Crippen molar-refractivity contribution in [1.82, 2.24) is 10.2 Å². The van der Waals surface area contributed by atoms with Crippen molar-refractivity contribution in [2.24, 2.45) is 0 Å². The van der Waals surface area contributed by atoms with Crippen LogP contribution in [0.4, 0.5) is 8.78 Å². The van der Waals surface area contributed by atoms with Gasteiger partial charge in [0.05, 0.1) is 7.11 Å². The summed E-state index contributed by atoms with van der Waals surface area (Å²) in [5.41, 5.74) is 0.823. The smallest absolute Gasteiger partial charge is 0.240 e. The minimum absolute atomic E-state index is 0.174. The number of alkyl halides is 2. The number of hydrogen-bond donors (Lipinski definition) is 1. The number of nitrogens with one attached hydrogen (secondary N) is 1. The van der Waals surface area contributed by atoms with Crippen molar-refractivity contribution >= 4 is 15.9 Å². The molecule has 0 unspecified atom stereocenters. The van der Waals surface area contributed by atoms with Gasteiger partial charge in [0.25, 0.3) is 0 Å².